The molecule has 134 valence electrons. The molecule has 2 aliphatic heterocycles. The van der Waals surface area contributed by atoms with E-state index in [0.717, 1.165) is 5.56 Å². The van der Waals surface area contributed by atoms with E-state index in [-0.39, 0.29) is 23.1 Å². The monoisotopic (exact) mass is 358 g/mol. The van der Waals surface area contributed by atoms with Crippen molar-refractivity contribution in [1.29, 1.82) is 0 Å². The highest BCUT2D eigenvalue weighted by Crippen LogP contribution is 2.31. The molecule has 24 heavy (non-hydrogen) atoms. The Labute approximate surface area is 142 Å². The summed E-state index contributed by atoms with van der Waals surface area (Å²) >= 11 is 0. The van der Waals surface area contributed by atoms with Crippen molar-refractivity contribution in [2.24, 2.45) is 0 Å². The van der Waals surface area contributed by atoms with Crippen LogP contribution in [0.3, 0.4) is 0 Å². The molecule has 0 saturated carbocycles. The molecule has 3 N–H and O–H groups in total. The van der Waals surface area contributed by atoms with Gasteiger partial charge >= 0.3 is 0 Å². The molecule has 1 aromatic rings. The first-order chi connectivity index (χ1) is 11.3. The van der Waals surface area contributed by atoms with E-state index < -0.39 is 28.6 Å². The van der Waals surface area contributed by atoms with Crippen LogP contribution in [0.5, 0.6) is 0 Å². The third kappa shape index (κ3) is 3.49. The number of hydrogen-bond acceptors (Lipinski definition) is 6. The molecule has 0 unspecified atom stereocenters. The highest BCUT2D eigenvalue weighted by molar-refractivity contribution is 7.86. The number of aliphatic hydroxyl groups is 1. The summed E-state index contributed by atoms with van der Waals surface area (Å²) < 4.78 is 41.5. The van der Waals surface area contributed by atoms with Crippen molar-refractivity contribution in [2.75, 3.05) is 6.61 Å². The fraction of sp³-hybridized carbons (Fsp3) is 0.625. The van der Waals surface area contributed by atoms with Crippen molar-refractivity contribution in [2.45, 2.75) is 62.4 Å². The van der Waals surface area contributed by atoms with Gasteiger partial charge in [-0.3, -0.25) is 4.18 Å². The first-order valence-electron chi connectivity index (χ1n) is 8.08. The number of fused-ring (bicyclic) bond motifs is 2. The van der Waals surface area contributed by atoms with Crippen LogP contribution in [0.4, 0.5) is 0 Å². The molecule has 2 saturated heterocycles. The van der Waals surface area contributed by atoms with E-state index in [1.165, 1.54) is 12.1 Å². The minimum Gasteiger partial charge on any atom is -0.384 e. The van der Waals surface area contributed by atoms with Gasteiger partial charge in [0.15, 0.2) is 12.4 Å². The van der Waals surface area contributed by atoms with Gasteiger partial charge in [0, 0.05) is 0 Å². The molecular formula is C16H24NO6S+. The van der Waals surface area contributed by atoms with Crippen LogP contribution in [0.2, 0.25) is 0 Å². The highest BCUT2D eigenvalue weighted by atomic mass is 32.2. The van der Waals surface area contributed by atoms with E-state index in [4.69, 9.17) is 13.7 Å². The molecule has 2 fully saturated rings. The first-order valence-corrected chi connectivity index (χ1v) is 9.49. The summed E-state index contributed by atoms with van der Waals surface area (Å²) in [5.74, 6) is 0. The van der Waals surface area contributed by atoms with Gasteiger partial charge in [0.25, 0.3) is 10.1 Å². The van der Waals surface area contributed by atoms with Crippen molar-refractivity contribution < 1.29 is 32.5 Å². The van der Waals surface area contributed by atoms with Gasteiger partial charge in [-0.25, -0.2) is 0 Å². The van der Waals surface area contributed by atoms with E-state index in [1.807, 2.05) is 26.1 Å². The Balaban J connectivity index is 1.81. The van der Waals surface area contributed by atoms with Gasteiger partial charge in [-0.15, -0.1) is 0 Å². The summed E-state index contributed by atoms with van der Waals surface area (Å²) in [5.41, 5.74) is 0.948. The van der Waals surface area contributed by atoms with Crippen molar-refractivity contribution in [1.82, 2.24) is 0 Å². The molecule has 7 nitrogen and oxygen atoms in total. The third-order valence-electron chi connectivity index (χ3n) is 4.32. The van der Waals surface area contributed by atoms with E-state index in [2.05, 4.69) is 0 Å². The number of aryl methyl sites for hydroxylation is 1. The minimum atomic E-state index is -4.02. The molecule has 2 bridgehead atoms. The number of nitrogens with two attached hydrogens (primary N) is 1. The van der Waals surface area contributed by atoms with Crippen LogP contribution in [-0.2, 0) is 23.8 Å². The first kappa shape index (κ1) is 17.8. The summed E-state index contributed by atoms with van der Waals surface area (Å²) in [5, 5.41) is 12.6. The molecule has 1 aromatic carbocycles. The molecule has 8 heteroatoms. The lowest BCUT2D eigenvalue weighted by molar-refractivity contribution is -0.732. The molecule has 3 rings (SSSR count). The summed E-state index contributed by atoms with van der Waals surface area (Å²) in [6.45, 7) is 6.18. The lowest BCUT2D eigenvalue weighted by atomic mass is 9.97. The maximum Gasteiger partial charge on any atom is 0.297 e. The summed E-state index contributed by atoms with van der Waals surface area (Å²) in [7, 11) is -4.02. The van der Waals surface area contributed by atoms with Crippen LogP contribution >= 0.6 is 0 Å². The Bertz CT molecular complexity index is 674. The molecule has 5 atom stereocenters. The largest absolute Gasteiger partial charge is 0.384 e. The molecule has 0 radical (unpaired) electrons. The van der Waals surface area contributed by atoms with Crippen LogP contribution in [0.1, 0.15) is 19.4 Å². The van der Waals surface area contributed by atoms with Gasteiger partial charge in [0.05, 0.1) is 17.5 Å². The Kier molecular flexibility index (Phi) is 4.96. The quantitative estimate of drug-likeness (QED) is 0.690. The molecule has 2 aliphatic rings. The van der Waals surface area contributed by atoms with Crippen LogP contribution in [0.15, 0.2) is 29.2 Å². The van der Waals surface area contributed by atoms with Crippen molar-refractivity contribution >= 4 is 10.1 Å². The average Bonchev–Trinajstić information content (AvgIpc) is 2.95. The molecular weight excluding hydrogens is 334 g/mol. The summed E-state index contributed by atoms with van der Waals surface area (Å²) in [6.07, 6.45) is -3.23. The normalized spacial score (nSPS) is 33.1. The second-order valence-electron chi connectivity index (χ2n) is 6.71. The Hall–Kier alpha value is -1.03. The van der Waals surface area contributed by atoms with E-state index in [0.29, 0.717) is 6.61 Å². The van der Waals surface area contributed by atoms with Crippen molar-refractivity contribution in [3.63, 3.8) is 0 Å². The van der Waals surface area contributed by atoms with E-state index in [9.17, 15) is 13.5 Å². The van der Waals surface area contributed by atoms with Gasteiger partial charge in [-0.05, 0) is 32.9 Å². The van der Waals surface area contributed by atoms with E-state index >= 15 is 0 Å². The van der Waals surface area contributed by atoms with Crippen LogP contribution < -0.4 is 5.32 Å². The SMILES string of the molecule is Cc1ccc(S(=O)(=O)O[C@H]2[C@H]3OC[C@H](O3)[C@@H]([NH2+]C(C)C)[C@@H]2O)cc1. The van der Waals surface area contributed by atoms with Crippen LogP contribution in [-0.4, -0.2) is 56.8 Å². The number of ether oxygens (including phenoxy) is 2. The summed E-state index contributed by atoms with van der Waals surface area (Å²) in [4.78, 5) is 0.0461. The molecule has 2 heterocycles. The third-order valence-corrected chi connectivity index (χ3v) is 5.64. The zero-order valence-electron chi connectivity index (χ0n) is 14.0. The fourth-order valence-corrected chi connectivity index (χ4v) is 4.18. The second-order valence-corrected chi connectivity index (χ2v) is 8.28. The Morgan fingerprint density at radius 3 is 2.58 bits per heavy atom. The van der Waals surface area contributed by atoms with Gasteiger partial charge in [0.2, 0.25) is 0 Å². The van der Waals surface area contributed by atoms with Crippen molar-refractivity contribution in [3.05, 3.63) is 29.8 Å². The van der Waals surface area contributed by atoms with Gasteiger partial charge < -0.3 is 19.9 Å². The number of rotatable bonds is 5. The maximum absolute atomic E-state index is 12.5. The maximum atomic E-state index is 12.5. The van der Waals surface area contributed by atoms with Gasteiger partial charge in [-0.2, -0.15) is 8.42 Å². The summed E-state index contributed by atoms with van der Waals surface area (Å²) in [6, 6.07) is 6.25. The zero-order chi connectivity index (χ0) is 17.5. The zero-order valence-corrected chi connectivity index (χ0v) is 14.8. The molecule has 0 spiro atoms. The Morgan fingerprint density at radius 2 is 1.96 bits per heavy atom. The number of aliphatic hydroxyl groups excluding tert-OH is 1. The number of hydrogen-bond donors (Lipinski definition) is 2. The predicted octanol–water partition coefficient (Wildman–Crippen LogP) is -0.475. The van der Waals surface area contributed by atoms with Gasteiger partial charge in [-0.1, -0.05) is 17.7 Å². The fourth-order valence-electron chi connectivity index (χ4n) is 3.11. The number of benzene rings is 1. The predicted molar refractivity (Wildman–Crippen MR) is 84.7 cm³/mol. The lowest BCUT2D eigenvalue weighted by Crippen LogP contribution is -2.99. The average molecular weight is 358 g/mol. The van der Waals surface area contributed by atoms with E-state index in [1.54, 1.807) is 12.1 Å². The van der Waals surface area contributed by atoms with Crippen LogP contribution in [0, 0.1) is 6.92 Å². The highest BCUT2D eigenvalue weighted by Gasteiger charge is 2.54. The molecule has 0 aliphatic carbocycles. The smallest absolute Gasteiger partial charge is 0.297 e. The van der Waals surface area contributed by atoms with Crippen LogP contribution in [0.25, 0.3) is 0 Å². The Morgan fingerprint density at radius 1 is 1.29 bits per heavy atom. The topological polar surface area (TPSA) is 98.7 Å². The number of quaternary nitrogens is 1. The van der Waals surface area contributed by atoms with Gasteiger partial charge in [0.1, 0.15) is 18.2 Å². The molecule has 0 aromatic heterocycles. The second kappa shape index (κ2) is 6.70. The van der Waals surface area contributed by atoms with Crippen molar-refractivity contribution in [3.8, 4) is 0 Å². The molecule has 0 amide bonds. The lowest BCUT2D eigenvalue weighted by Gasteiger charge is -2.36. The minimum absolute atomic E-state index is 0.0461. The standard InChI is InChI=1S/C16H23NO6S/c1-9(2)17-13-12-8-21-16(22-12)15(14(13)18)23-24(19,20)11-6-4-10(3)5-7-11/h4-7,9,12-18H,8H2,1-3H3/p+1/t12-,13+,14-,15+,16-/m0/s1.